The molecule has 0 bridgehead atoms. The second-order valence-corrected chi connectivity index (χ2v) is 29.8. The molecular formula is C40H64N6O6SSi2. The van der Waals surface area contributed by atoms with Gasteiger partial charge in [0.15, 0.2) is 28.2 Å². The minimum absolute atomic E-state index is 0.0578. The molecule has 2 atom stereocenters. The van der Waals surface area contributed by atoms with Gasteiger partial charge in [-0.15, -0.1) is 4.72 Å². The maximum absolute atomic E-state index is 13.5. The van der Waals surface area contributed by atoms with Gasteiger partial charge in [-0.3, -0.25) is 4.98 Å². The van der Waals surface area contributed by atoms with E-state index < -0.39 is 38.5 Å². The van der Waals surface area contributed by atoms with E-state index in [-0.39, 0.29) is 16.5 Å². The third kappa shape index (κ3) is 11.2. The summed E-state index contributed by atoms with van der Waals surface area (Å²) in [6, 6.07) is 9.38. The zero-order valence-corrected chi connectivity index (χ0v) is 38.3. The van der Waals surface area contributed by atoms with Crippen molar-refractivity contribution in [3.8, 4) is 22.8 Å². The highest BCUT2D eigenvalue weighted by atomic mass is 32.2. The van der Waals surface area contributed by atoms with Crippen LogP contribution in [0, 0.1) is 0 Å². The number of aromatic nitrogens is 5. The smallest absolute Gasteiger partial charge is 0.200 e. The number of nitrogens with one attached hydrogen (secondary N) is 1. The Balaban J connectivity index is 1.75. The van der Waals surface area contributed by atoms with Crippen molar-refractivity contribution < 1.29 is 28.0 Å². The van der Waals surface area contributed by atoms with Crippen molar-refractivity contribution in [1.29, 1.82) is 0 Å². The summed E-state index contributed by atoms with van der Waals surface area (Å²) in [6.07, 6.45) is 5.93. The molecule has 0 saturated carbocycles. The summed E-state index contributed by atoms with van der Waals surface area (Å²) in [6.45, 7) is 29.2. The Morgan fingerprint density at radius 3 is 2.16 bits per heavy atom. The predicted octanol–water partition coefficient (Wildman–Crippen LogP) is 8.42. The lowest BCUT2D eigenvalue weighted by molar-refractivity contribution is 0.00526. The molecule has 0 fully saturated rings. The molecule has 15 heteroatoms. The number of hydrogen-bond acceptors (Lipinski definition) is 11. The van der Waals surface area contributed by atoms with E-state index in [0.29, 0.717) is 61.5 Å². The van der Waals surface area contributed by atoms with E-state index in [2.05, 4.69) is 77.4 Å². The molecule has 0 saturated heterocycles. The first-order valence-electron chi connectivity index (χ1n) is 19.0. The van der Waals surface area contributed by atoms with Gasteiger partial charge < -0.3 is 28.0 Å². The van der Waals surface area contributed by atoms with Gasteiger partial charge in [-0.05, 0) is 87.7 Å². The van der Waals surface area contributed by atoms with E-state index in [1.807, 2.05) is 45.0 Å². The van der Waals surface area contributed by atoms with E-state index in [1.54, 1.807) is 36.4 Å². The fourth-order valence-electron chi connectivity index (χ4n) is 5.05. The first-order valence-corrected chi connectivity index (χ1v) is 26.0. The van der Waals surface area contributed by atoms with E-state index in [9.17, 15) is 9.66 Å². The Bertz CT molecular complexity index is 1890. The summed E-state index contributed by atoms with van der Waals surface area (Å²) < 4.78 is 42.0. The van der Waals surface area contributed by atoms with E-state index in [4.69, 9.17) is 33.4 Å². The molecule has 3 aromatic heterocycles. The van der Waals surface area contributed by atoms with Crippen molar-refractivity contribution in [2.24, 2.45) is 0 Å². The fraction of sp³-hybridized carbons (Fsp3) is 0.600. The molecule has 304 valence electrons. The van der Waals surface area contributed by atoms with Crippen molar-refractivity contribution in [2.45, 2.75) is 128 Å². The van der Waals surface area contributed by atoms with Gasteiger partial charge in [0.1, 0.15) is 17.1 Å². The Hall–Kier alpha value is -2.74. The number of methoxy groups -OCH3 is 1. The Morgan fingerprint density at radius 1 is 0.855 bits per heavy atom. The molecule has 0 amide bonds. The van der Waals surface area contributed by atoms with Crippen LogP contribution in [-0.4, -0.2) is 82.7 Å². The number of aliphatic hydroxyl groups is 1. The molecule has 2 N–H and O–H groups in total. The SMILES string of the molecule is COCCOc1cc(-c2cccc([C@](O)(CCCO[Si](C)(C)C(C)(C)C)N[S+]([O-])C(C)(C)C)n2)cc2c1cnn2-c1cncc(CO[Si](C)(C)C(C)(C)C)n1. The summed E-state index contributed by atoms with van der Waals surface area (Å²) in [5.41, 5.74) is 1.42. The minimum atomic E-state index is -2.01. The molecule has 4 rings (SSSR count). The third-order valence-electron chi connectivity index (χ3n) is 10.7. The average Bonchev–Trinajstić information content (AvgIpc) is 3.53. The van der Waals surface area contributed by atoms with Crippen molar-refractivity contribution in [1.82, 2.24) is 29.5 Å². The van der Waals surface area contributed by atoms with E-state index in [0.717, 1.165) is 16.5 Å². The Morgan fingerprint density at radius 2 is 1.53 bits per heavy atom. The average molecular weight is 813 g/mol. The van der Waals surface area contributed by atoms with Gasteiger partial charge in [-0.1, -0.05) is 47.6 Å². The predicted molar refractivity (Wildman–Crippen MR) is 227 cm³/mol. The zero-order valence-electron chi connectivity index (χ0n) is 35.5. The van der Waals surface area contributed by atoms with Gasteiger partial charge >= 0.3 is 0 Å². The van der Waals surface area contributed by atoms with Crippen LogP contribution in [0.4, 0.5) is 0 Å². The second kappa shape index (κ2) is 17.4. The molecule has 3 heterocycles. The van der Waals surface area contributed by atoms with Crippen LogP contribution in [0.3, 0.4) is 0 Å². The lowest BCUT2D eigenvalue weighted by atomic mass is 10.0. The molecule has 1 unspecified atom stereocenters. The molecule has 0 spiro atoms. The van der Waals surface area contributed by atoms with Gasteiger partial charge in [0.25, 0.3) is 0 Å². The van der Waals surface area contributed by atoms with Gasteiger partial charge in [0.2, 0.25) is 0 Å². The molecule has 0 aliphatic carbocycles. The molecule has 0 aliphatic heterocycles. The van der Waals surface area contributed by atoms with Crippen molar-refractivity contribution in [3.63, 3.8) is 0 Å². The standard InChI is InChI=1S/C40H64N6O6SSi2/c1-37(2,3)53(48)45-40(47,19-16-20-51-54(11,12)38(4,5)6)35-18-15-17-32(44-35)29-23-33-31(34(24-29)50-22-21-49-10)26-42-46(33)36-27-41-25-30(43-36)28-52-55(13,14)39(7,8)9/h15,17-18,23-27,45,47H,16,19-22,28H2,1-14H3/t40-,53?/m1/s1. The summed E-state index contributed by atoms with van der Waals surface area (Å²) in [5.74, 6) is 1.13. The van der Waals surface area contributed by atoms with Crippen LogP contribution in [0.5, 0.6) is 5.75 Å². The highest BCUT2D eigenvalue weighted by Crippen LogP contribution is 2.39. The fourth-order valence-corrected chi connectivity index (χ4v) is 7.90. The number of benzene rings is 1. The molecule has 0 aliphatic rings. The molecule has 55 heavy (non-hydrogen) atoms. The largest absolute Gasteiger partial charge is 0.598 e. The van der Waals surface area contributed by atoms with Crippen LogP contribution in [0.15, 0.2) is 48.9 Å². The lowest BCUT2D eigenvalue weighted by Crippen LogP contribution is -2.52. The molecule has 0 radical (unpaired) electrons. The lowest BCUT2D eigenvalue weighted by Gasteiger charge is -2.37. The van der Waals surface area contributed by atoms with Crippen molar-refractivity contribution >= 4 is 38.9 Å². The van der Waals surface area contributed by atoms with Crippen LogP contribution in [0.2, 0.25) is 36.3 Å². The maximum Gasteiger partial charge on any atom is 0.200 e. The second-order valence-electron chi connectivity index (χ2n) is 18.2. The van der Waals surface area contributed by atoms with E-state index >= 15 is 0 Å². The molecule has 1 aromatic carbocycles. The number of nitrogens with zero attached hydrogens (tertiary/aromatic N) is 5. The van der Waals surface area contributed by atoms with Crippen LogP contribution < -0.4 is 9.46 Å². The van der Waals surface area contributed by atoms with Crippen LogP contribution in [0.1, 0.15) is 86.5 Å². The van der Waals surface area contributed by atoms with Gasteiger partial charge in [0, 0.05) is 37.1 Å². The highest BCUT2D eigenvalue weighted by Gasteiger charge is 2.41. The van der Waals surface area contributed by atoms with Crippen LogP contribution >= 0.6 is 0 Å². The third-order valence-corrected chi connectivity index (χ3v) is 21.4. The molecule has 12 nitrogen and oxygen atoms in total. The zero-order chi connectivity index (χ0) is 41.0. The quantitative estimate of drug-likeness (QED) is 0.0458. The Labute approximate surface area is 333 Å². The highest BCUT2D eigenvalue weighted by molar-refractivity contribution is 7.90. The van der Waals surface area contributed by atoms with Crippen molar-refractivity contribution in [2.75, 3.05) is 26.9 Å². The summed E-state index contributed by atoms with van der Waals surface area (Å²) in [7, 11) is -2.38. The minimum Gasteiger partial charge on any atom is -0.598 e. The molecule has 4 aromatic rings. The normalized spacial score (nSPS) is 15.0. The number of fused-ring (bicyclic) bond motifs is 1. The summed E-state index contributed by atoms with van der Waals surface area (Å²) in [4.78, 5) is 14.4. The van der Waals surface area contributed by atoms with Crippen molar-refractivity contribution in [3.05, 3.63) is 60.3 Å². The summed E-state index contributed by atoms with van der Waals surface area (Å²) in [5, 5.41) is 17.9. The number of ether oxygens (including phenoxy) is 2. The van der Waals surface area contributed by atoms with E-state index in [1.165, 1.54) is 0 Å². The van der Waals surface area contributed by atoms with Gasteiger partial charge in [-0.2, -0.15) is 5.10 Å². The molecular weight excluding hydrogens is 749 g/mol. The first-order chi connectivity index (χ1) is 25.4. The van der Waals surface area contributed by atoms with Gasteiger partial charge in [0.05, 0.1) is 59.8 Å². The van der Waals surface area contributed by atoms with Crippen LogP contribution in [0.25, 0.3) is 28.0 Å². The number of rotatable bonds is 17. The topological polar surface area (TPSA) is 149 Å². The number of hydrogen-bond donors (Lipinski definition) is 2. The Kier molecular flexibility index (Phi) is 14.2. The number of pyridine rings is 1. The van der Waals surface area contributed by atoms with Crippen LogP contribution in [-0.2, 0) is 37.3 Å². The maximum atomic E-state index is 13.5. The first kappa shape index (κ1) is 45.0. The van der Waals surface area contributed by atoms with Gasteiger partial charge in [-0.25, -0.2) is 14.6 Å². The summed E-state index contributed by atoms with van der Waals surface area (Å²) >= 11 is -1.59. The monoisotopic (exact) mass is 812 g/mol.